The molecule has 0 aromatic carbocycles. The average Bonchev–Trinajstić information content (AvgIpc) is 2.15. The molecular formula is C9H12N2O4. The Kier molecular flexibility index (Phi) is 4.80. The van der Waals surface area contributed by atoms with Crippen molar-refractivity contribution in [2.45, 2.75) is 6.92 Å². The van der Waals surface area contributed by atoms with Gasteiger partial charge in [0.05, 0.1) is 12.8 Å². The molecule has 0 fully saturated rings. The number of rotatable bonds is 4. The van der Waals surface area contributed by atoms with Crippen LogP contribution in [0, 0.1) is 0 Å². The molecule has 0 rings (SSSR count). The Morgan fingerprint density at radius 2 is 1.60 bits per heavy atom. The molecule has 0 saturated carbocycles. The maximum Gasteiger partial charge on any atom is 0.353 e. The van der Waals surface area contributed by atoms with E-state index in [1.165, 1.54) is 6.92 Å². The highest BCUT2D eigenvalue weighted by molar-refractivity contribution is 6.01. The van der Waals surface area contributed by atoms with Gasteiger partial charge >= 0.3 is 5.97 Å². The lowest BCUT2D eigenvalue weighted by Gasteiger charge is -2.08. The van der Waals surface area contributed by atoms with Crippen molar-refractivity contribution in [2.75, 3.05) is 7.11 Å². The number of hydrogen-bond acceptors (Lipinski definition) is 4. The van der Waals surface area contributed by atoms with Gasteiger partial charge < -0.3 is 15.4 Å². The molecular weight excluding hydrogens is 200 g/mol. The predicted octanol–water partition coefficient (Wildman–Crippen LogP) is -0.561. The van der Waals surface area contributed by atoms with Crippen molar-refractivity contribution < 1.29 is 19.1 Å². The van der Waals surface area contributed by atoms with Crippen LogP contribution >= 0.6 is 0 Å². The first-order chi connectivity index (χ1) is 6.88. The third-order valence-electron chi connectivity index (χ3n) is 1.30. The molecule has 2 amide bonds. The zero-order chi connectivity index (χ0) is 12.0. The number of carbonyl (C=O) groups is 3. The van der Waals surface area contributed by atoms with Crippen molar-refractivity contribution >= 4 is 17.8 Å². The Balaban J connectivity index is 4.25. The third kappa shape index (κ3) is 4.61. The summed E-state index contributed by atoms with van der Waals surface area (Å²) in [5, 5.41) is 4.28. The fraction of sp³-hybridized carbons (Fsp3) is 0.222. The van der Waals surface area contributed by atoms with Gasteiger partial charge in [0.2, 0.25) is 5.91 Å². The van der Waals surface area contributed by atoms with Gasteiger partial charge in [-0.3, -0.25) is 9.59 Å². The fourth-order valence-electron chi connectivity index (χ4n) is 0.656. The molecule has 0 aliphatic heterocycles. The van der Waals surface area contributed by atoms with Gasteiger partial charge in [0, 0.05) is 6.92 Å². The van der Waals surface area contributed by atoms with E-state index >= 15 is 0 Å². The molecule has 0 radical (unpaired) electrons. The highest BCUT2D eigenvalue weighted by Crippen LogP contribution is 1.91. The van der Waals surface area contributed by atoms with Crippen LogP contribution in [0.25, 0.3) is 0 Å². The molecule has 0 heterocycles. The predicted molar refractivity (Wildman–Crippen MR) is 52.3 cm³/mol. The molecule has 0 aliphatic rings. The quantitative estimate of drug-likeness (QED) is 0.483. The van der Waals surface area contributed by atoms with E-state index in [-0.39, 0.29) is 11.4 Å². The second-order valence-corrected chi connectivity index (χ2v) is 2.58. The Morgan fingerprint density at radius 1 is 1.07 bits per heavy atom. The zero-order valence-electron chi connectivity index (χ0n) is 8.55. The van der Waals surface area contributed by atoms with Crippen LogP contribution in [0.4, 0.5) is 0 Å². The number of methoxy groups -OCH3 is 1. The van der Waals surface area contributed by atoms with Gasteiger partial charge in [-0.1, -0.05) is 13.2 Å². The molecule has 0 atom stereocenters. The second-order valence-electron chi connectivity index (χ2n) is 2.58. The normalized spacial score (nSPS) is 8.67. The average molecular weight is 212 g/mol. The Bertz CT molecular complexity index is 333. The molecule has 0 spiro atoms. The van der Waals surface area contributed by atoms with Crippen LogP contribution in [-0.2, 0) is 19.1 Å². The van der Waals surface area contributed by atoms with Crippen LogP contribution in [0.1, 0.15) is 6.92 Å². The number of carbonyl (C=O) groups excluding carboxylic acids is 3. The molecule has 0 aromatic heterocycles. The van der Waals surface area contributed by atoms with Gasteiger partial charge in [0.25, 0.3) is 5.91 Å². The van der Waals surface area contributed by atoms with Gasteiger partial charge in [-0.05, 0) is 0 Å². The lowest BCUT2D eigenvalue weighted by molar-refractivity contribution is -0.137. The first-order valence-corrected chi connectivity index (χ1v) is 3.93. The van der Waals surface area contributed by atoms with Crippen LogP contribution in [0.3, 0.4) is 0 Å². The maximum atomic E-state index is 11.2. The summed E-state index contributed by atoms with van der Waals surface area (Å²) in [6, 6.07) is 0. The highest BCUT2D eigenvalue weighted by Gasteiger charge is 2.13. The number of amides is 2. The van der Waals surface area contributed by atoms with E-state index in [0.29, 0.717) is 0 Å². The molecule has 2 N–H and O–H groups in total. The van der Waals surface area contributed by atoms with Gasteiger partial charge in [0.1, 0.15) is 5.70 Å². The lowest BCUT2D eigenvalue weighted by atomic mass is 10.4. The summed E-state index contributed by atoms with van der Waals surface area (Å²) < 4.78 is 4.30. The van der Waals surface area contributed by atoms with Crippen molar-refractivity contribution in [3.05, 3.63) is 24.6 Å². The van der Waals surface area contributed by atoms with Crippen LogP contribution < -0.4 is 10.6 Å². The fourth-order valence-corrected chi connectivity index (χ4v) is 0.656. The first kappa shape index (κ1) is 12.9. The number of esters is 1. The van der Waals surface area contributed by atoms with E-state index in [9.17, 15) is 14.4 Å². The molecule has 0 unspecified atom stereocenters. The minimum atomic E-state index is -0.765. The minimum Gasteiger partial charge on any atom is -0.464 e. The van der Waals surface area contributed by atoms with Crippen molar-refractivity contribution in [3.63, 3.8) is 0 Å². The topological polar surface area (TPSA) is 84.5 Å². The van der Waals surface area contributed by atoms with Crippen molar-refractivity contribution in [3.8, 4) is 0 Å². The van der Waals surface area contributed by atoms with Crippen LogP contribution in [-0.4, -0.2) is 24.9 Å². The van der Waals surface area contributed by atoms with E-state index in [0.717, 1.165) is 7.11 Å². The molecule has 0 bridgehead atoms. The number of nitrogens with one attached hydrogen (secondary N) is 2. The van der Waals surface area contributed by atoms with Gasteiger partial charge in [0.15, 0.2) is 0 Å². The Morgan fingerprint density at radius 3 is 2.00 bits per heavy atom. The van der Waals surface area contributed by atoms with E-state index in [4.69, 9.17) is 0 Å². The maximum absolute atomic E-state index is 11.2. The summed E-state index contributed by atoms with van der Waals surface area (Å²) in [5.41, 5.74) is -0.401. The molecule has 0 aliphatic carbocycles. The molecule has 82 valence electrons. The smallest absolute Gasteiger partial charge is 0.353 e. The Hall–Kier alpha value is -2.11. The summed E-state index contributed by atoms with van der Waals surface area (Å²) in [4.78, 5) is 32.6. The monoisotopic (exact) mass is 212 g/mol. The molecule has 6 heteroatoms. The zero-order valence-corrected chi connectivity index (χ0v) is 8.55. The summed E-state index contributed by atoms with van der Waals surface area (Å²) >= 11 is 0. The SMILES string of the molecule is C=C(NC(C)=O)C(=O)NC(=C)C(=O)OC. The van der Waals surface area contributed by atoms with Crippen molar-refractivity contribution in [1.82, 2.24) is 10.6 Å². The van der Waals surface area contributed by atoms with Gasteiger partial charge in [-0.2, -0.15) is 0 Å². The van der Waals surface area contributed by atoms with Crippen LogP contribution in [0.15, 0.2) is 24.6 Å². The van der Waals surface area contributed by atoms with Crippen molar-refractivity contribution in [1.29, 1.82) is 0 Å². The summed E-state index contributed by atoms with van der Waals surface area (Å²) in [6.07, 6.45) is 0. The minimum absolute atomic E-state index is 0.174. The number of ether oxygens (including phenoxy) is 1. The summed E-state index contributed by atoms with van der Waals surface area (Å²) in [6.45, 7) is 7.79. The molecule has 0 saturated heterocycles. The molecule has 0 aromatic rings. The van der Waals surface area contributed by atoms with Gasteiger partial charge in [-0.25, -0.2) is 4.79 Å². The third-order valence-corrected chi connectivity index (χ3v) is 1.30. The summed E-state index contributed by atoms with van der Waals surface area (Å²) in [7, 11) is 1.16. The van der Waals surface area contributed by atoms with Crippen LogP contribution in [0.2, 0.25) is 0 Å². The lowest BCUT2D eigenvalue weighted by Crippen LogP contribution is -2.34. The van der Waals surface area contributed by atoms with E-state index < -0.39 is 17.8 Å². The molecule has 15 heavy (non-hydrogen) atoms. The van der Waals surface area contributed by atoms with E-state index in [1.54, 1.807) is 0 Å². The Labute approximate surface area is 87.0 Å². The molecule has 6 nitrogen and oxygen atoms in total. The summed E-state index contributed by atoms with van der Waals surface area (Å²) in [5.74, 6) is -1.92. The van der Waals surface area contributed by atoms with Crippen molar-refractivity contribution in [2.24, 2.45) is 0 Å². The van der Waals surface area contributed by atoms with E-state index in [1.807, 2.05) is 0 Å². The largest absolute Gasteiger partial charge is 0.464 e. The van der Waals surface area contributed by atoms with Gasteiger partial charge in [-0.15, -0.1) is 0 Å². The van der Waals surface area contributed by atoms with E-state index in [2.05, 4.69) is 28.5 Å². The van der Waals surface area contributed by atoms with Crippen LogP contribution in [0.5, 0.6) is 0 Å². The standard InChI is InChI=1S/C9H12N2O4/c1-5(10-7(3)12)8(13)11-6(2)9(14)15-4/h1-2H2,3-4H3,(H,10,12)(H,11,13). The second kappa shape index (κ2) is 5.58. The first-order valence-electron chi connectivity index (χ1n) is 3.93. The highest BCUT2D eigenvalue weighted by atomic mass is 16.5. The number of hydrogen-bond donors (Lipinski definition) is 2.